The van der Waals surface area contributed by atoms with Crippen molar-refractivity contribution >= 4 is 73.1 Å². The highest BCUT2D eigenvalue weighted by Gasteiger charge is 2.31. The Balaban J connectivity index is 1.19. The van der Waals surface area contributed by atoms with Crippen molar-refractivity contribution in [3.63, 3.8) is 0 Å². The number of furan rings is 1. The SMILES string of the molecule is CC(C)(C)c1ccc(Nc2ccccc2-c2cc(-c3ccccc3)c3c4ccc5ccccc5c4n4c3c2Bc2cc3oc(-c5ccccc5)c(-c5ccccc5)c3cc2-4)cc1. The molecule has 1 aliphatic rings. The number of hydrogen-bond donors (Lipinski definition) is 1. The standard InChI is InChI=1S/C58H43BN2O/c1-58(2,3)40-28-30-41(31-29-40)60-49-26-16-15-25-43(49)46-33-45(36-17-7-4-8-18-36)53-44-32-27-37-19-13-14-24-42(37)55(44)61-50-34-47-51(35-48(50)59-54(46)56(53)61)62-57(39-22-11-6-12-23-39)52(47)38-20-9-5-10-21-38/h4-35,59-60H,1-3H3. The Morgan fingerprint density at radius 2 is 1.18 bits per heavy atom. The summed E-state index contributed by atoms with van der Waals surface area (Å²) in [5, 5.41) is 9.96. The topological polar surface area (TPSA) is 30.1 Å². The maximum atomic E-state index is 6.99. The van der Waals surface area contributed by atoms with E-state index in [2.05, 4.69) is 225 Å². The predicted molar refractivity (Wildman–Crippen MR) is 265 cm³/mol. The quantitative estimate of drug-likeness (QED) is 0.170. The number of aromatic nitrogens is 1. The van der Waals surface area contributed by atoms with Gasteiger partial charge < -0.3 is 14.3 Å². The van der Waals surface area contributed by atoms with Crippen LogP contribution in [0.5, 0.6) is 0 Å². The lowest BCUT2D eigenvalue weighted by atomic mass is 9.58. The molecule has 62 heavy (non-hydrogen) atoms. The molecule has 294 valence electrons. The average molecular weight is 795 g/mol. The maximum Gasteiger partial charge on any atom is 0.198 e. The molecule has 0 atom stereocenters. The van der Waals surface area contributed by atoms with Crippen LogP contribution in [-0.4, -0.2) is 11.8 Å². The summed E-state index contributed by atoms with van der Waals surface area (Å²) < 4.78 is 9.59. The molecule has 1 N–H and O–H groups in total. The predicted octanol–water partition coefficient (Wildman–Crippen LogP) is 14.1. The first-order valence-corrected chi connectivity index (χ1v) is 21.6. The van der Waals surface area contributed by atoms with E-state index in [9.17, 15) is 0 Å². The normalized spacial score (nSPS) is 12.2. The second-order valence-corrected chi connectivity index (χ2v) is 17.7. The fourth-order valence-corrected chi connectivity index (χ4v) is 9.98. The Labute approximate surface area is 362 Å². The number of rotatable bonds is 6. The van der Waals surface area contributed by atoms with E-state index < -0.39 is 0 Å². The van der Waals surface area contributed by atoms with Gasteiger partial charge in [-0.3, -0.25) is 0 Å². The first-order valence-electron chi connectivity index (χ1n) is 21.6. The number of fused-ring (bicyclic) bond motifs is 8. The van der Waals surface area contributed by atoms with Crippen LogP contribution in [-0.2, 0) is 5.41 Å². The molecule has 0 aliphatic carbocycles. The van der Waals surface area contributed by atoms with Gasteiger partial charge in [-0.05, 0) is 80.5 Å². The van der Waals surface area contributed by atoms with Crippen LogP contribution < -0.4 is 16.2 Å². The Morgan fingerprint density at radius 3 is 1.92 bits per heavy atom. The van der Waals surface area contributed by atoms with Gasteiger partial charge in [0.15, 0.2) is 7.28 Å². The molecule has 12 rings (SSSR count). The van der Waals surface area contributed by atoms with Gasteiger partial charge in [0.25, 0.3) is 0 Å². The zero-order valence-electron chi connectivity index (χ0n) is 35.0. The summed E-state index contributed by atoms with van der Waals surface area (Å²) in [5.74, 6) is 0.891. The van der Waals surface area contributed by atoms with E-state index in [1.54, 1.807) is 0 Å². The Kier molecular flexibility index (Phi) is 8.20. The summed E-state index contributed by atoms with van der Waals surface area (Å²) in [6, 6.07) is 70.6. The van der Waals surface area contributed by atoms with Crippen LogP contribution in [0.1, 0.15) is 26.3 Å². The summed E-state index contributed by atoms with van der Waals surface area (Å²) in [5.41, 5.74) is 18.8. The number of anilines is 2. The molecule has 0 spiro atoms. The third-order valence-corrected chi connectivity index (χ3v) is 13.0. The molecule has 0 saturated carbocycles. The van der Waals surface area contributed by atoms with E-state index in [0.717, 1.165) is 52.1 Å². The molecular weight excluding hydrogens is 751 g/mol. The summed E-state index contributed by atoms with van der Waals surface area (Å²) in [6.07, 6.45) is 0. The van der Waals surface area contributed by atoms with Crippen molar-refractivity contribution in [2.24, 2.45) is 0 Å². The highest BCUT2D eigenvalue weighted by Crippen LogP contribution is 2.47. The van der Waals surface area contributed by atoms with Crippen LogP contribution in [0.3, 0.4) is 0 Å². The van der Waals surface area contributed by atoms with E-state index in [1.807, 2.05) is 0 Å². The molecule has 11 aromatic rings. The first kappa shape index (κ1) is 36.3. The second kappa shape index (κ2) is 14.0. The van der Waals surface area contributed by atoms with Gasteiger partial charge in [0.2, 0.25) is 0 Å². The van der Waals surface area contributed by atoms with Gasteiger partial charge in [0, 0.05) is 60.8 Å². The Bertz CT molecular complexity index is 3520. The van der Waals surface area contributed by atoms with Gasteiger partial charge in [-0.25, -0.2) is 0 Å². The number of nitrogens with zero attached hydrogens (tertiary/aromatic N) is 1. The molecule has 0 unspecified atom stereocenters. The lowest BCUT2D eigenvalue weighted by Crippen LogP contribution is -2.37. The highest BCUT2D eigenvalue weighted by molar-refractivity contribution is 6.74. The highest BCUT2D eigenvalue weighted by atomic mass is 16.3. The molecule has 1 aliphatic heterocycles. The van der Waals surface area contributed by atoms with Gasteiger partial charge in [-0.1, -0.05) is 184 Å². The zero-order chi connectivity index (χ0) is 41.5. The Morgan fingerprint density at radius 1 is 0.516 bits per heavy atom. The van der Waals surface area contributed by atoms with Gasteiger partial charge in [0.1, 0.15) is 11.3 Å². The van der Waals surface area contributed by atoms with Crippen molar-refractivity contribution in [1.29, 1.82) is 0 Å². The van der Waals surface area contributed by atoms with E-state index in [1.165, 1.54) is 77.0 Å². The van der Waals surface area contributed by atoms with Gasteiger partial charge in [-0.15, -0.1) is 0 Å². The molecule has 0 radical (unpaired) electrons. The van der Waals surface area contributed by atoms with E-state index in [4.69, 9.17) is 4.42 Å². The van der Waals surface area contributed by atoms with Crippen molar-refractivity contribution in [3.05, 3.63) is 200 Å². The fourth-order valence-electron chi connectivity index (χ4n) is 9.98. The molecular formula is C58H43BN2O. The van der Waals surface area contributed by atoms with Crippen LogP contribution >= 0.6 is 0 Å². The minimum Gasteiger partial charge on any atom is -0.455 e. The summed E-state index contributed by atoms with van der Waals surface area (Å²) in [4.78, 5) is 0. The largest absolute Gasteiger partial charge is 0.455 e. The van der Waals surface area contributed by atoms with Gasteiger partial charge in [-0.2, -0.15) is 0 Å². The number of nitrogens with one attached hydrogen (secondary N) is 1. The van der Waals surface area contributed by atoms with Crippen molar-refractivity contribution in [3.8, 4) is 50.4 Å². The molecule has 9 aromatic carbocycles. The Hall–Kier alpha value is -7.56. The van der Waals surface area contributed by atoms with Gasteiger partial charge >= 0.3 is 0 Å². The van der Waals surface area contributed by atoms with Crippen LogP contribution in [0.4, 0.5) is 11.4 Å². The third kappa shape index (κ3) is 5.74. The van der Waals surface area contributed by atoms with Crippen LogP contribution in [0.25, 0.3) is 93.9 Å². The molecule has 0 amide bonds. The summed E-state index contributed by atoms with van der Waals surface area (Å²) in [6.45, 7) is 6.79. The fraction of sp³-hybridized carbons (Fsp3) is 0.0690. The lowest BCUT2D eigenvalue weighted by Gasteiger charge is -2.25. The smallest absolute Gasteiger partial charge is 0.198 e. The first-order chi connectivity index (χ1) is 30.4. The monoisotopic (exact) mass is 794 g/mol. The number of para-hydroxylation sites is 1. The van der Waals surface area contributed by atoms with E-state index >= 15 is 0 Å². The molecule has 3 nitrogen and oxygen atoms in total. The minimum atomic E-state index is 0.0792. The third-order valence-electron chi connectivity index (χ3n) is 13.0. The molecule has 0 bridgehead atoms. The van der Waals surface area contributed by atoms with Crippen molar-refractivity contribution in [1.82, 2.24) is 4.57 Å². The van der Waals surface area contributed by atoms with Crippen molar-refractivity contribution in [2.45, 2.75) is 26.2 Å². The summed E-state index contributed by atoms with van der Waals surface area (Å²) in [7, 11) is 0.747. The zero-order valence-corrected chi connectivity index (χ0v) is 35.0. The summed E-state index contributed by atoms with van der Waals surface area (Å²) >= 11 is 0. The molecule has 2 aromatic heterocycles. The van der Waals surface area contributed by atoms with Crippen molar-refractivity contribution < 1.29 is 4.42 Å². The van der Waals surface area contributed by atoms with Crippen LogP contribution in [0, 0.1) is 0 Å². The van der Waals surface area contributed by atoms with E-state index in [-0.39, 0.29) is 5.41 Å². The van der Waals surface area contributed by atoms with Gasteiger partial charge in [0.05, 0.1) is 5.52 Å². The van der Waals surface area contributed by atoms with Crippen molar-refractivity contribution in [2.75, 3.05) is 5.32 Å². The number of benzene rings is 9. The van der Waals surface area contributed by atoms with E-state index in [0.29, 0.717) is 0 Å². The molecule has 4 heteroatoms. The van der Waals surface area contributed by atoms with Crippen LogP contribution in [0.2, 0.25) is 0 Å². The molecule has 0 saturated heterocycles. The molecule has 0 fully saturated rings. The molecule has 3 heterocycles. The second-order valence-electron chi connectivity index (χ2n) is 17.7. The maximum absolute atomic E-state index is 6.99. The average Bonchev–Trinajstić information content (AvgIpc) is 3.87. The minimum absolute atomic E-state index is 0.0792. The lowest BCUT2D eigenvalue weighted by molar-refractivity contribution is 0.590. The van der Waals surface area contributed by atoms with Crippen LogP contribution in [0.15, 0.2) is 199 Å². The number of hydrogen-bond acceptors (Lipinski definition) is 2.